The van der Waals surface area contributed by atoms with E-state index in [1.807, 2.05) is 24.3 Å². The van der Waals surface area contributed by atoms with E-state index in [1.165, 1.54) is 0 Å². The topological polar surface area (TPSA) is 73.4 Å². The summed E-state index contributed by atoms with van der Waals surface area (Å²) in [5, 5.41) is 4.35. The van der Waals surface area contributed by atoms with Crippen molar-refractivity contribution in [2.45, 2.75) is 12.5 Å². The van der Waals surface area contributed by atoms with Crippen molar-refractivity contribution in [2.75, 3.05) is 20.2 Å². The predicted molar refractivity (Wildman–Crippen MR) is 78.6 cm³/mol. The van der Waals surface area contributed by atoms with Crippen molar-refractivity contribution in [3.05, 3.63) is 42.2 Å². The summed E-state index contributed by atoms with van der Waals surface area (Å²) in [6.07, 6.45) is 2.63. The first-order valence-electron chi connectivity index (χ1n) is 6.92. The van der Waals surface area contributed by atoms with E-state index in [9.17, 15) is 4.79 Å². The molecule has 2 N–H and O–H groups in total. The average molecular weight is 286 g/mol. The Morgan fingerprint density at radius 1 is 1.33 bits per heavy atom. The van der Waals surface area contributed by atoms with Gasteiger partial charge in [-0.05, 0) is 36.8 Å². The summed E-state index contributed by atoms with van der Waals surface area (Å²) in [6, 6.07) is 9.32. The molecular formula is C15H18N4O2. The van der Waals surface area contributed by atoms with Crippen LogP contribution in [0.5, 0.6) is 5.75 Å². The molecule has 1 saturated heterocycles. The highest BCUT2D eigenvalue weighted by atomic mass is 16.5. The molecule has 1 aromatic heterocycles. The lowest BCUT2D eigenvalue weighted by Crippen LogP contribution is -2.32. The molecule has 1 atom stereocenters. The highest BCUT2D eigenvalue weighted by Crippen LogP contribution is 2.16. The maximum Gasteiger partial charge on any atom is 0.274 e. The van der Waals surface area contributed by atoms with Gasteiger partial charge in [0, 0.05) is 25.3 Å². The SMILES string of the molecule is COc1ccc(-n2ccc(C(=O)N3CC[C@@H](N)C3)n2)cc1. The molecule has 6 nitrogen and oxygen atoms in total. The molecule has 0 aliphatic carbocycles. The Hall–Kier alpha value is -2.34. The second kappa shape index (κ2) is 5.57. The third-order valence-electron chi connectivity index (χ3n) is 3.66. The third-order valence-corrected chi connectivity index (χ3v) is 3.66. The van der Waals surface area contributed by atoms with Gasteiger partial charge in [-0.15, -0.1) is 0 Å². The number of nitrogens with two attached hydrogens (primary N) is 1. The van der Waals surface area contributed by atoms with Crippen LogP contribution in [0.15, 0.2) is 36.5 Å². The van der Waals surface area contributed by atoms with Gasteiger partial charge in [0.25, 0.3) is 5.91 Å². The third kappa shape index (κ3) is 2.75. The van der Waals surface area contributed by atoms with E-state index >= 15 is 0 Å². The number of likely N-dealkylation sites (tertiary alicyclic amines) is 1. The van der Waals surface area contributed by atoms with Gasteiger partial charge in [-0.3, -0.25) is 4.79 Å². The predicted octanol–water partition coefficient (Wildman–Crippen LogP) is 1.05. The zero-order chi connectivity index (χ0) is 14.8. The van der Waals surface area contributed by atoms with Crippen LogP contribution < -0.4 is 10.5 Å². The smallest absolute Gasteiger partial charge is 0.274 e. The van der Waals surface area contributed by atoms with Gasteiger partial charge in [-0.25, -0.2) is 4.68 Å². The average Bonchev–Trinajstić information content (AvgIpc) is 3.16. The van der Waals surface area contributed by atoms with E-state index in [1.54, 1.807) is 29.0 Å². The summed E-state index contributed by atoms with van der Waals surface area (Å²) in [5.74, 6) is 0.725. The van der Waals surface area contributed by atoms with Crippen molar-refractivity contribution in [1.82, 2.24) is 14.7 Å². The summed E-state index contributed by atoms with van der Waals surface area (Å²) in [6.45, 7) is 1.31. The van der Waals surface area contributed by atoms with Gasteiger partial charge in [-0.1, -0.05) is 0 Å². The Morgan fingerprint density at radius 3 is 2.71 bits per heavy atom. The van der Waals surface area contributed by atoms with Gasteiger partial charge < -0.3 is 15.4 Å². The molecule has 6 heteroatoms. The van der Waals surface area contributed by atoms with Gasteiger partial charge in [0.05, 0.1) is 12.8 Å². The molecule has 0 radical (unpaired) electrons. The lowest BCUT2D eigenvalue weighted by molar-refractivity contribution is 0.0784. The first-order valence-corrected chi connectivity index (χ1v) is 6.92. The number of methoxy groups -OCH3 is 1. The quantitative estimate of drug-likeness (QED) is 0.915. The molecule has 1 fully saturated rings. The Morgan fingerprint density at radius 2 is 2.10 bits per heavy atom. The van der Waals surface area contributed by atoms with Gasteiger partial charge in [-0.2, -0.15) is 5.10 Å². The van der Waals surface area contributed by atoms with Crippen LogP contribution >= 0.6 is 0 Å². The van der Waals surface area contributed by atoms with Gasteiger partial charge in [0.2, 0.25) is 0 Å². The molecule has 0 bridgehead atoms. The van der Waals surface area contributed by atoms with E-state index < -0.39 is 0 Å². The minimum atomic E-state index is -0.0600. The number of aromatic nitrogens is 2. The van der Waals surface area contributed by atoms with Gasteiger partial charge in [0.1, 0.15) is 5.75 Å². The zero-order valence-electron chi connectivity index (χ0n) is 11.9. The van der Waals surface area contributed by atoms with Crippen LogP contribution in [-0.2, 0) is 0 Å². The van der Waals surface area contributed by atoms with E-state index in [0.717, 1.165) is 17.9 Å². The molecule has 21 heavy (non-hydrogen) atoms. The molecule has 1 aromatic carbocycles. The molecule has 0 unspecified atom stereocenters. The maximum atomic E-state index is 12.3. The fraction of sp³-hybridized carbons (Fsp3) is 0.333. The summed E-state index contributed by atoms with van der Waals surface area (Å²) in [7, 11) is 1.63. The molecule has 2 aromatic rings. The second-order valence-electron chi connectivity index (χ2n) is 5.14. The molecule has 1 aliphatic rings. The lowest BCUT2D eigenvalue weighted by atomic mass is 10.3. The first kappa shape index (κ1) is 13.6. The maximum absolute atomic E-state index is 12.3. The number of nitrogens with zero attached hydrogens (tertiary/aromatic N) is 3. The van der Waals surface area contributed by atoms with Crippen LogP contribution in [0.1, 0.15) is 16.9 Å². The normalized spacial score (nSPS) is 18.0. The van der Waals surface area contributed by atoms with Gasteiger partial charge >= 0.3 is 0 Å². The number of benzene rings is 1. The first-order chi connectivity index (χ1) is 10.2. The van der Waals surface area contributed by atoms with Crippen molar-refractivity contribution in [1.29, 1.82) is 0 Å². The fourth-order valence-corrected chi connectivity index (χ4v) is 2.45. The number of carbonyl (C=O) groups is 1. The van der Waals surface area contributed by atoms with Crippen LogP contribution in [0, 0.1) is 0 Å². The van der Waals surface area contributed by atoms with Crippen LogP contribution in [0.3, 0.4) is 0 Å². The van der Waals surface area contributed by atoms with Crippen LogP contribution in [0.4, 0.5) is 0 Å². The van der Waals surface area contributed by atoms with Crippen LogP contribution in [0.25, 0.3) is 5.69 Å². The number of ether oxygens (including phenoxy) is 1. The van der Waals surface area contributed by atoms with Crippen molar-refractivity contribution in [3.8, 4) is 11.4 Å². The fourth-order valence-electron chi connectivity index (χ4n) is 2.45. The Kier molecular flexibility index (Phi) is 3.62. The minimum absolute atomic E-state index is 0.0600. The zero-order valence-corrected chi connectivity index (χ0v) is 11.9. The summed E-state index contributed by atoms with van der Waals surface area (Å²) < 4.78 is 6.81. The monoisotopic (exact) mass is 286 g/mol. The minimum Gasteiger partial charge on any atom is -0.497 e. The molecule has 110 valence electrons. The van der Waals surface area contributed by atoms with Crippen molar-refractivity contribution in [3.63, 3.8) is 0 Å². The molecule has 0 saturated carbocycles. The molecule has 0 spiro atoms. The molecular weight excluding hydrogens is 268 g/mol. The Bertz CT molecular complexity index is 635. The number of hydrogen-bond acceptors (Lipinski definition) is 4. The van der Waals surface area contributed by atoms with E-state index in [-0.39, 0.29) is 11.9 Å². The van der Waals surface area contributed by atoms with Crippen LogP contribution in [0.2, 0.25) is 0 Å². The van der Waals surface area contributed by atoms with E-state index in [0.29, 0.717) is 18.8 Å². The largest absolute Gasteiger partial charge is 0.497 e. The van der Waals surface area contributed by atoms with Crippen molar-refractivity contribution in [2.24, 2.45) is 5.73 Å². The highest BCUT2D eigenvalue weighted by Gasteiger charge is 2.25. The second-order valence-corrected chi connectivity index (χ2v) is 5.14. The Labute approximate surface area is 123 Å². The molecule has 2 heterocycles. The highest BCUT2D eigenvalue weighted by molar-refractivity contribution is 5.92. The molecule has 1 aliphatic heterocycles. The Balaban J connectivity index is 1.77. The van der Waals surface area contributed by atoms with Crippen molar-refractivity contribution >= 4 is 5.91 Å². The molecule has 1 amide bonds. The van der Waals surface area contributed by atoms with Crippen LogP contribution in [-0.4, -0.2) is 46.8 Å². The standard InChI is InChI=1S/C15H18N4O2/c1-21-13-4-2-12(3-5-13)19-9-7-14(17-19)15(20)18-8-6-11(16)10-18/h2-5,7,9,11H,6,8,10,16H2,1H3/t11-/m1/s1. The lowest BCUT2D eigenvalue weighted by Gasteiger charge is -2.13. The number of hydrogen-bond donors (Lipinski definition) is 1. The van der Waals surface area contributed by atoms with E-state index in [2.05, 4.69) is 5.10 Å². The summed E-state index contributed by atoms with van der Waals surface area (Å²) in [4.78, 5) is 14.1. The summed E-state index contributed by atoms with van der Waals surface area (Å²) in [5.41, 5.74) is 7.16. The van der Waals surface area contributed by atoms with E-state index in [4.69, 9.17) is 10.5 Å². The number of amides is 1. The molecule has 3 rings (SSSR count). The van der Waals surface area contributed by atoms with Gasteiger partial charge in [0.15, 0.2) is 5.69 Å². The number of carbonyl (C=O) groups excluding carboxylic acids is 1. The summed E-state index contributed by atoms with van der Waals surface area (Å²) >= 11 is 0. The van der Waals surface area contributed by atoms with Crippen molar-refractivity contribution < 1.29 is 9.53 Å². The number of rotatable bonds is 3.